The molecule has 10 nitrogen and oxygen atoms in total. The van der Waals surface area contributed by atoms with Crippen LogP contribution in [0.4, 0.5) is 0 Å². The normalized spacial score (nSPS) is 15.2. The second-order valence-corrected chi connectivity index (χ2v) is 8.88. The SMILES string of the molecule is CSCCC(NC(=O)C(NC(=O)C(N)CC(C)C)C(C)C)C(=O)NC(CO)C(=O)O. The van der Waals surface area contributed by atoms with Gasteiger partial charge in [-0.2, -0.15) is 11.8 Å². The van der Waals surface area contributed by atoms with E-state index < -0.39 is 54.5 Å². The smallest absolute Gasteiger partial charge is 0.328 e. The number of carboxylic acid groups (broad SMARTS) is 1. The molecular weight excluding hydrogens is 412 g/mol. The average Bonchev–Trinajstić information content (AvgIpc) is 2.65. The fourth-order valence-corrected chi connectivity index (χ4v) is 3.11. The van der Waals surface area contributed by atoms with E-state index in [0.717, 1.165) is 0 Å². The topological polar surface area (TPSA) is 171 Å². The number of nitrogens with two attached hydrogens (primary N) is 1. The predicted octanol–water partition coefficient (Wildman–Crippen LogP) is -0.700. The number of carbonyl (C=O) groups excluding carboxylic acids is 3. The van der Waals surface area contributed by atoms with E-state index >= 15 is 0 Å². The highest BCUT2D eigenvalue weighted by molar-refractivity contribution is 7.98. The molecule has 4 atom stereocenters. The largest absolute Gasteiger partial charge is 0.480 e. The summed E-state index contributed by atoms with van der Waals surface area (Å²) in [5.74, 6) is -2.63. The van der Waals surface area contributed by atoms with Crippen LogP contribution in [0.3, 0.4) is 0 Å². The molecule has 3 amide bonds. The summed E-state index contributed by atoms with van der Waals surface area (Å²) in [4.78, 5) is 48.7. The second kappa shape index (κ2) is 14.2. The molecule has 7 N–H and O–H groups in total. The average molecular weight is 449 g/mol. The van der Waals surface area contributed by atoms with Gasteiger partial charge in [-0.15, -0.1) is 0 Å². The molecule has 0 fully saturated rings. The Morgan fingerprint density at radius 2 is 1.50 bits per heavy atom. The van der Waals surface area contributed by atoms with Crippen LogP contribution in [-0.2, 0) is 19.2 Å². The van der Waals surface area contributed by atoms with Crippen molar-refractivity contribution in [3.8, 4) is 0 Å². The number of thioether (sulfide) groups is 1. The number of nitrogens with one attached hydrogen (secondary N) is 3. The number of aliphatic carboxylic acids is 1. The van der Waals surface area contributed by atoms with Crippen molar-refractivity contribution in [3.63, 3.8) is 0 Å². The van der Waals surface area contributed by atoms with E-state index in [1.807, 2.05) is 20.1 Å². The number of aliphatic hydroxyl groups excluding tert-OH is 1. The molecule has 0 saturated carbocycles. The Balaban J connectivity index is 5.28. The fourth-order valence-electron chi connectivity index (χ4n) is 2.63. The highest BCUT2D eigenvalue weighted by Gasteiger charge is 2.31. The molecule has 0 aromatic heterocycles. The van der Waals surface area contributed by atoms with Gasteiger partial charge in [0.2, 0.25) is 17.7 Å². The van der Waals surface area contributed by atoms with E-state index in [1.54, 1.807) is 13.8 Å². The second-order valence-electron chi connectivity index (χ2n) is 7.89. The minimum atomic E-state index is -1.47. The van der Waals surface area contributed by atoms with Gasteiger partial charge < -0.3 is 31.9 Å². The van der Waals surface area contributed by atoms with Gasteiger partial charge in [-0.25, -0.2) is 4.79 Å². The van der Waals surface area contributed by atoms with Crippen molar-refractivity contribution in [2.75, 3.05) is 18.6 Å². The molecule has 30 heavy (non-hydrogen) atoms. The zero-order chi connectivity index (χ0) is 23.4. The molecule has 0 aromatic rings. The molecule has 0 aliphatic rings. The van der Waals surface area contributed by atoms with Gasteiger partial charge >= 0.3 is 5.97 Å². The van der Waals surface area contributed by atoms with E-state index in [1.165, 1.54) is 11.8 Å². The first-order valence-corrected chi connectivity index (χ1v) is 11.3. The van der Waals surface area contributed by atoms with Crippen molar-refractivity contribution in [1.29, 1.82) is 0 Å². The highest BCUT2D eigenvalue weighted by atomic mass is 32.2. The monoisotopic (exact) mass is 448 g/mol. The van der Waals surface area contributed by atoms with Gasteiger partial charge in [0.25, 0.3) is 0 Å². The third-order valence-corrected chi connectivity index (χ3v) is 4.99. The number of carbonyl (C=O) groups is 4. The van der Waals surface area contributed by atoms with Crippen LogP contribution in [0, 0.1) is 11.8 Å². The summed E-state index contributed by atoms with van der Waals surface area (Å²) in [7, 11) is 0. The van der Waals surface area contributed by atoms with Crippen LogP contribution in [-0.4, -0.2) is 76.7 Å². The molecule has 174 valence electrons. The van der Waals surface area contributed by atoms with Crippen molar-refractivity contribution >= 4 is 35.5 Å². The highest BCUT2D eigenvalue weighted by Crippen LogP contribution is 2.08. The van der Waals surface area contributed by atoms with Crippen molar-refractivity contribution < 1.29 is 29.4 Å². The molecule has 0 rings (SSSR count). The third-order valence-electron chi connectivity index (χ3n) is 4.35. The Bertz CT molecular complexity index is 587. The Kier molecular flexibility index (Phi) is 13.3. The summed E-state index contributed by atoms with van der Waals surface area (Å²) in [6.07, 6.45) is 2.55. The molecule has 0 saturated heterocycles. The maximum absolute atomic E-state index is 12.8. The maximum Gasteiger partial charge on any atom is 0.328 e. The van der Waals surface area contributed by atoms with Gasteiger partial charge in [0.1, 0.15) is 18.1 Å². The number of hydrogen-bond acceptors (Lipinski definition) is 7. The van der Waals surface area contributed by atoms with Crippen molar-refractivity contribution in [2.45, 2.75) is 64.7 Å². The quantitative estimate of drug-likeness (QED) is 0.202. The van der Waals surface area contributed by atoms with Crippen LogP contribution in [0.1, 0.15) is 40.5 Å². The van der Waals surface area contributed by atoms with Crippen LogP contribution < -0.4 is 21.7 Å². The minimum absolute atomic E-state index is 0.213. The van der Waals surface area contributed by atoms with E-state index in [9.17, 15) is 19.2 Å². The molecule has 0 spiro atoms. The zero-order valence-corrected chi connectivity index (χ0v) is 19.1. The van der Waals surface area contributed by atoms with Gasteiger partial charge in [0.15, 0.2) is 0 Å². The Labute approximate surface area is 182 Å². The first kappa shape index (κ1) is 28.1. The number of aliphatic hydroxyl groups is 1. The van der Waals surface area contributed by atoms with Gasteiger partial charge in [0.05, 0.1) is 12.6 Å². The summed E-state index contributed by atoms with van der Waals surface area (Å²) in [6.45, 7) is 6.60. The first-order chi connectivity index (χ1) is 13.9. The minimum Gasteiger partial charge on any atom is -0.480 e. The van der Waals surface area contributed by atoms with E-state index in [2.05, 4.69) is 16.0 Å². The molecule has 0 radical (unpaired) electrons. The van der Waals surface area contributed by atoms with Gasteiger partial charge in [-0.05, 0) is 36.7 Å². The maximum atomic E-state index is 12.8. The lowest BCUT2D eigenvalue weighted by Crippen LogP contribution is -2.58. The van der Waals surface area contributed by atoms with Crippen LogP contribution in [0.5, 0.6) is 0 Å². The van der Waals surface area contributed by atoms with E-state index in [4.69, 9.17) is 15.9 Å². The number of carboxylic acids is 1. The Morgan fingerprint density at radius 3 is 1.93 bits per heavy atom. The lowest BCUT2D eigenvalue weighted by atomic mass is 10.00. The van der Waals surface area contributed by atoms with E-state index in [0.29, 0.717) is 12.2 Å². The molecule has 11 heteroatoms. The van der Waals surface area contributed by atoms with Gasteiger partial charge in [0, 0.05) is 0 Å². The molecule has 0 aliphatic heterocycles. The third kappa shape index (κ3) is 10.3. The number of rotatable bonds is 14. The molecule has 4 unspecified atom stereocenters. The first-order valence-electron chi connectivity index (χ1n) is 9.93. The summed E-state index contributed by atoms with van der Waals surface area (Å²) >= 11 is 1.46. The predicted molar refractivity (Wildman–Crippen MR) is 116 cm³/mol. The summed E-state index contributed by atoms with van der Waals surface area (Å²) in [5.41, 5.74) is 5.89. The van der Waals surface area contributed by atoms with Crippen molar-refractivity contribution in [2.24, 2.45) is 17.6 Å². The summed E-state index contributed by atoms with van der Waals surface area (Å²) in [5, 5.41) is 25.6. The lowest BCUT2D eigenvalue weighted by molar-refractivity contribution is -0.143. The van der Waals surface area contributed by atoms with E-state index in [-0.39, 0.29) is 18.3 Å². The standard InChI is InChI=1S/C19H36N4O6S/c1-10(2)8-12(20)16(25)23-15(11(3)4)18(27)21-13(6-7-30-5)17(26)22-14(9-24)19(28)29/h10-15,24H,6-9,20H2,1-5H3,(H,21,27)(H,22,26)(H,23,25)(H,28,29). The number of hydrogen-bond donors (Lipinski definition) is 6. The molecule has 0 bridgehead atoms. The van der Waals surface area contributed by atoms with Gasteiger partial charge in [-0.1, -0.05) is 27.7 Å². The fraction of sp³-hybridized carbons (Fsp3) is 0.789. The molecule has 0 heterocycles. The van der Waals surface area contributed by atoms with Crippen LogP contribution in [0.15, 0.2) is 0 Å². The molecule has 0 aromatic carbocycles. The molecular formula is C19H36N4O6S. The lowest BCUT2D eigenvalue weighted by Gasteiger charge is -2.27. The van der Waals surface area contributed by atoms with Crippen molar-refractivity contribution in [3.05, 3.63) is 0 Å². The zero-order valence-electron chi connectivity index (χ0n) is 18.3. The van der Waals surface area contributed by atoms with Crippen molar-refractivity contribution in [1.82, 2.24) is 16.0 Å². The van der Waals surface area contributed by atoms with Crippen LogP contribution in [0.2, 0.25) is 0 Å². The Morgan fingerprint density at radius 1 is 0.933 bits per heavy atom. The summed E-state index contributed by atoms with van der Waals surface area (Å²) in [6, 6.07) is -4.15. The molecule has 0 aliphatic carbocycles. The van der Waals surface area contributed by atoms with Crippen LogP contribution in [0.25, 0.3) is 0 Å². The van der Waals surface area contributed by atoms with Crippen LogP contribution >= 0.6 is 11.8 Å². The van der Waals surface area contributed by atoms with Gasteiger partial charge in [-0.3, -0.25) is 14.4 Å². The summed E-state index contributed by atoms with van der Waals surface area (Å²) < 4.78 is 0. The number of amides is 3. The Hall–Kier alpha value is -1.85.